The Morgan fingerprint density at radius 3 is 2.24 bits per heavy atom. The van der Waals surface area contributed by atoms with Crippen molar-refractivity contribution in [1.82, 2.24) is 0 Å². The van der Waals surface area contributed by atoms with Crippen LogP contribution in [0.25, 0.3) is 6.08 Å². The van der Waals surface area contributed by atoms with Crippen LogP contribution in [0, 0.1) is 0 Å². The van der Waals surface area contributed by atoms with Crippen LogP contribution >= 0.6 is 0 Å². The highest BCUT2D eigenvalue weighted by molar-refractivity contribution is 6.66. The first-order valence-electron chi connectivity index (χ1n) is 7.70. The SMILES string of the molecule is C=Cc1ccc(COCCC[Si](C)(OCC)OCC)cc1. The van der Waals surface area contributed by atoms with E-state index in [1.54, 1.807) is 0 Å². The molecule has 4 heteroatoms. The van der Waals surface area contributed by atoms with Gasteiger partial charge in [0.15, 0.2) is 0 Å². The predicted octanol–water partition coefficient (Wildman–Crippen LogP) is 4.38. The van der Waals surface area contributed by atoms with Crippen molar-refractivity contribution >= 4 is 14.6 Å². The molecule has 0 N–H and O–H groups in total. The van der Waals surface area contributed by atoms with E-state index in [9.17, 15) is 0 Å². The summed E-state index contributed by atoms with van der Waals surface area (Å²) in [5, 5.41) is 0. The molecule has 21 heavy (non-hydrogen) atoms. The van der Waals surface area contributed by atoms with E-state index >= 15 is 0 Å². The van der Waals surface area contributed by atoms with Crippen molar-refractivity contribution in [2.75, 3.05) is 19.8 Å². The Morgan fingerprint density at radius 2 is 1.71 bits per heavy atom. The van der Waals surface area contributed by atoms with E-state index in [1.165, 1.54) is 5.56 Å². The van der Waals surface area contributed by atoms with Gasteiger partial charge in [-0.2, -0.15) is 0 Å². The third kappa shape index (κ3) is 7.04. The lowest BCUT2D eigenvalue weighted by Gasteiger charge is -2.25. The highest BCUT2D eigenvalue weighted by Gasteiger charge is 2.29. The fourth-order valence-electron chi connectivity index (χ4n) is 2.23. The Kier molecular flexibility index (Phi) is 8.53. The van der Waals surface area contributed by atoms with Crippen LogP contribution in [0.3, 0.4) is 0 Å². The Bertz CT molecular complexity index is 397. The van der Waals surface area contributed by atoms with E-state index in [-0.39, 0.29) is 0 Å². The van der Waals surface area contributed by atoms with Gasteiger partial charge in [-0.15, -0.1) is 0 Å². The van der Waals surface area contributed by atoms with Crippen molar-refractivity contribution in [3.63, 3.8) is 0 Å². The summed E-state index contributed by atoms with van der Waals surface area (Å²) in [4.78, 5) is 0. The van der Waals surface area contributed by atoms with E-state index in [2.05, 4.69) is 37.4 Å². The first-order valence-corrected chi connectivity index (χ1v) is 10.2. The van der Waals surface area contributed by atoms with Crippen LogP contribution in [0.1, 0.15) is 31.4 Å². The second-order valence-corrected chi connectivity index (χ2v) is 8.45. The molecule has 0 unspecified atom stereocenters. The molecule has 0 atom stereocenters. The molecule has 0 fully saturated rings. The molecular formula is C17H28O3Si. The Balaban J connectivity index is 2.24. The zero-order valence-corrected chi connectivity index (χ0v) is 14.6. The highest BCUT2D eigenvalue weighted by atomic mass is 28.4. The molecule has 0 aliphatic heterocycles. The first-order chi connectivity index (χ1) is 10.1. The molecule has 0 heterocycles. The zero-order valence-electron chi connectivity index (χ0n) is 13.6. The number of hydrogen-bond acceptors (Lipinski definition) is 3. The molecule has 0 bridgehead atoms. The van der Waals surface area contributed by atoms with Gasteiger partial charge in [0.2, 0.25) is 0 Å². The van der Waals surface area contributed by atoms with E-state index in [0.717, 1.165) is 37.8 Å². The molecule has 1 rings (SSSR count). The topological polar surface area (TPSA) is 27.7 Å². The highest BCUT2D eigenvalue weighted by Crippen LogP contribution is 2.16. The van der Waals surface area contributed by atoms with Gasteiger partial charge in [0.1, 0.15) is 0 Å². The zero-order chi connectivity index (χ0) is 15.6. The molecule has 3 nitrogen and oxygen atoms in total. The molecule has 0 saturated carbocycles. The third-order valence-electron chi connectivity index (χ3n) is 3.30. The number of ether oxygens (including phenoxy) is 1. The van der Waals surface area contributed by atoms with E-state index < -0.39 is 8.56 Å². The Morgan fingerprint density at radius 1 is 1.10 bits per heavy atom. The normalized spacial score (nSPS) is 11.6. The molecule has 1 aromatic carbocycles. The smallest absolute Gasteiger partial charge is 0.334 e. The van der Waals surface area contributed by atoms with Crippen molar-refractivity contribution in [3.8, 4) is 0 Å². The van der Waals surface area contributed by atoms with Gasteiger partial charge < -0.3 is 13.6 Å². The summed E-state index contributed by atoms with van der Waals surface area (Å²) in [6, 6.07) is 9.25. The summed E-state index contributed by atoms with van der Waals surface area (Å²) >= 11 is 0. The fraction of sp³-hybridized carbons (Fsp3) is 0.529. The van der Waals surface area contributed by atoms with E-state index in [1.807, 2.05) is 19.9 Å². The van der Waals surface area contributed by atoms with Crippen LogP contribution in [-0.2, 0) is 20.2 Å². The molecule has 0 spiro atoms. The lowest BCUT2D eigenvalue weighted by molar-refractivity contribution is 0.117. The van der Waals surface area contributed by atoms with Gasteiger partial charge in [0.25, 0.3) is 0 Å². The third-order valence-corrected chi connectivity index (χ3v) is 6.36. The Labute approximate surface area is 130 Å². The molecule has 0 amide bonds. The van der Waals surface area contributed by atoms with Gasteiger partial charge in [-0.05, 0) is 44.0 Å². The molecule has 0 radical (unpaired) electrons. The summed E-state index contributed by atoms with van der Waals surface area (Å²) in [6.45, 7) is 12.8. The lowest BCUT2D eigenvalue weighted by Crippen LogP contribution is -2.38. The monoisotopic (exact) mass is 308 g/mol. The lowest BCUT2D eigenvalue weighted by atomic mass is 10.1. The van der Waals surface area contributed by atoms with Gasteiger partial charge in [0.05, 0.1) is 6.61 Å². The summed E-state index contributed by atoms with van der Waals surface area (Å²) in [5.41, 5.74) is 2.32. The van der Waals surface area contributed by atoms with Gasteiger partial charge >= 0.3 is 8.56 Å². The van der Waals surface area contributed by atoms with E-state index in [4.69, 9.17) is 13.6 Å². The average molecular weight is 308 g/mol. The molecule has 1 aromatic rings. The van der Waals surface area contributed by atoms with Gasteiger partial charge in [-0.1, -0.05) is 36.9 Å². The largest absolute Gasteiger partial charge is 0.395 e. The average Bonchev–Trinajstić information content (AvgIpc) is 2.48. The van der Waals surface area contributed by atoms with Crippen LogP contribution < -0.4 is 0 Å². The number of benzene rings is 1. The van der Waals surface area contributed by atoms with Gasteiger partial charge in [-0.3, -0.25) is 0 Å². The molecule has 0 aliphatic rings. The minimum Gasteiger partial charge on any atom is -0.395 e. The van der Waals surface area contributed by atoms with Crippen molar-refractivity contribution in [2.24, 2.45) is 0 Å². The van der Waals surface area contributed by atoms with Crippen LogP contribution in [0.15, 0.2) is 30.8 Å². The van der Waals surface area contributed by atoms with Crippen molar-refractivity contribution < 1.29 is 13.6 Å². The second kappa shape index (κ2) is 9.90. The summed E-state index contributed by atoms with van der Waals surface area (Å²) in [6.07, 6.45) is 2.82. The quantitative estimate of drug-likeness (QED) is 0.448. The number of hydrogen-bond donors (Lipinski definition) is 0. The minimum absolute atomic E-state index is 0.652. The van der Waals surface area contributed by atoms with Gasteiger partial charge in [-0.25, -0.2) is 0 Å². The predicted molar refractivity (Wildman–Crippen MR) is 90.5 cm³/mol. The maximum Gasteiger partial charge on any atom is 0.334 e. The summed E-state index contributed by atoms with van der Waals surface area (Å²) < 4.78 is 17.4. The molecule has 0 saturated heterocycles. The van der Waals surface area contributed by atoms with Gasteiger partial charge in [0, 0.05) is 19.8 Å². The van der Waals surface area contributed by atoms with Crippen LogP contribution in [-0.4, -0.2) is 28.4 Å². The van der Waals surface area contributed by atoms with Crippen LogP contribution in [0.2, 0.25) is 12.6 Å². The van der Waals surface area contributed by atoms with Crippen LogP contribution in [0.5, 0.6) is 0 Å². The van der Waals surface area contributed by atoms with Crippen LogP contribution in [0.4, 0.5) is 0 Å². The van der Waals surface area contributed by atoms with Crippen molar-refractivity contribution in [3.05, 3.63) is 42.0 Å². The van der Waals surface area contributed by atoms with E-state index in [0.29, 0.717) is 6.61 Å². The second-order valence-electron chi connectivity index (χ2n) is 5.10. The summed E-state index contributed by atoms with van der Waals surface area (Å²) in [5.74, 6) is 0. The standard InChI is InChI=1S/C17H28O3Si/c1-5-16-9-11-17(12-10-16)15-18-13-8-14-21(4,19-6-2)20-7-3/h5,9-12H,1,6-8,13-15H2,2-4H3. The summed E-state index contributed by atoms with van der Waals surface area (Å²) in [7, 11) is -1.98. The molecule has 118 valence electrons. The van der Waals surface area contributed by atoms with Crippen molar-refractivity contribution in [1.29, 1.82) is 0 Å². The molecular weight excluding hydrogens is 280 g/mol. The number of rotatable bonds is 11. The maximum atomic E-state index is 5.81. The minimum atomic E-state index is -1.98. The Hall–Kier alpha value is -0.943. The first kappa shape index (κ1) is 18.1. The maximum absolute atomic E-state index is 5.81. The fourth-order valence-corrected chi connectivity index (χ4v) is 4.61. The molecule has 0 aliphatic carbocycles. The molecule has 0 aromatic heterocycles. The van der Waals surface area contributed by atoms with Crippen molar-refractivity contribution in [2.45, 2.75) is 39.5 Å².